The molecule has 2 aromatic rings. The highest BCUT2D eigenvalue weighted by atomic mass is 35.5. The zero-order valence-corrected chi connectivity index (χ0v) is 13.4. The van der Waals surface area contributed by atoms with Crippen LogP contribution >= 0.6 is 11.6 Å². The highest BCUT2D eigenvalue weighted by Crippen LogP contribution is 2.28. The average molecular weight is 319 g/mol. The maximum atomic E-state index is 11.1. The molecule has 0 saturated carbocycles. The van der Waals surface area contributed by atoms with Crippen LogP contribution in [-0.4, -0.2) is 41.6 Å². The fourth-order valence-corrected chi connectivity index (χ4v) is 2.46. The Balaban J connectivity index is 2.37. The van der Waals surface area contributed by atoms with Crippen LogP contribution < -0.4 is 0 Å². The van der Waals surface area contributed by atoms with Gasteiger partial charge in [-0.15, -0.1) is 0 Å². The van der Waals surface area contributed by atoms with Crippen LogP contribution in [0.2, 0.25) is 5.02 Å². The first-order chi connectivity index (χ1) is 10.5. The Bertz CT molecular complexity index is 641. The highest BCUT2D eigenvalue weighted by Gasteiger charge is 2.17. The van der Waals surface area contributed by atoms with Gasteiger partial charge in [0.05, 0.1) is 0 Å². The molecule has 1 atom stereocenters. The maximum absolute atomic E-state index is 11.1. The van der Waals surface area contributed by atoms with Gasteiger partial charge in [0, 0.05) is 16.6 Å². The number of nitrogens with zero attached hydrogens (tertiary/aromatic N) is 2. The number of rotatable bonds is 6. The lowest BCUT2D eigenvalue weighted by molar-refractivity contribution is 0.0690. The number of benzene rings is 1. The summed E-state index contributed by atoms with van der Waals surface area (Å²) in [6.45, 7) is 0.881. The minimum atomic E-state index is -1.01. The van der Waals surface area contributed by atoms with Crippen LogP contribution in [0.25, 0.3) is 0 Å². The molecule has 0 radical (unpaired) electrons. The SMILES string of the molecule is CN(C)CCC(c1ccc(Cl)cc1)c1cccc(C(=O)O)n1. The minimum Gasteiger partial charge on any atom is -0.477 e. The van der Waals surface area contributed by atoms with E-state index in [1.54, 1.807) is 6.07 Å². The van der Waals surface area contributed by atoms with E-state index in [1.165, 1.54) is 6.07 Å². The number of carboxylic acid groups (broad SMARTS) is 1. The van der Waals surface area contributed by atoms with E-state index in [1.807, 2.05) is 44.4 Å². The van der Waals surface area contributed by atoms with Crippen molar-refractivity contribution >= 4 is 17.6 Å². The van der Waals surface area contributed by atoms with E-state index in [9.17, 15) is 4.79 Å². The molecule has 0 spiro atoms. The standard InChI is InChI=1S/C17H19ClN2O2/c1-20(2)11-10-14(12-6-8-13(18)9-7-12)15-4-3-5-16(19-15)17(21)22/h3-9,14H,10-11H2,1-2H3,(H,21,22). The maximum Gasteiger partial charge on any atom is 0.354 e. The number of hydrogen-bond acceptors (Lipinski definition) is 3. The predicted molar refractivity (Wildman–Crippen MR) is 87.7 cm³/mol. The molecule has 22 heavy (non-hydrogen) atoms. The largest absolute Gasteiger partial charge is 0.477 e. The number of pyridine rings is 1. The first kappa shape index (κ1) is 16.5. The van der Waals surface area contributed by atoms with Crippen molar-refractivity contribution in [2.45, 2.75) is 12.3 Å². The van der Waals surface area contributed by atoms with E-state index in [-0.39, 0.29) is 11.6 Å². The first-order valence-electron chi connectivity index (χ1n) is 7.08. The van der Waals surface area contributed by atoms with Gasteiger partial charge in [0.2, 0.25) is 0 Å². The lowest BCUT2D eigenvalue weighted by Crippen LogP contribution is -2.17. The summed E-state index contributed by atoms with van der Waals surface area (Å²) >= 11 is 5.96. The third kappa shape index (κ3) is 4.29. The van der Waals surface area contributed by atoms with Gasteiger partial charge in [-0.2, -0.15) is 0 Å². The van der Waals surface area contributed by atoms with Crippen molar-refractivity contribution in [3.8, 4) is 0 Å². The zero-order valence-electron chi connectivity index (χ0n) is 12.7. The summed E-state index contributed by atoms with van der Waals surface area (Å²) in [7, 11) is 4.03. The fraction of sp³-hybridized carbons (Fsp3) is 0.294. The number of carboxylic acids is 1. The smallest absolute Gasteiger partial charge is 0.354 e. The van der Waals surface area contributed by atoms with Gasteiger partial charge >= 0.3 is 5.97 Å². The van der Waals surface area contributed by atoms with E-state index in [0.717, 1.165) is 24.2 Å². The molecule has 1 aromatic carbocycles. The summed E-state index contributed by atoms with van der Waals surface area (Å²) in [6, 6.07) is 12.8. The molecule has 1 heterocycles. The molecule has 0 aliphatic heterocycles. The number of carbonyl (C=O) groups is 1. The molecule has 0 amide bonds. The van der Waals surface area contributed by atoms with E-state index in [2.05, 4.69) is 9.88 Å². The second-order valence-electron chi connectivity index (χ2n) is 5.45. The normalized spacial score (nSPS) is 12.4. The average Bonchev–Trinajstić information content (AvgIpc) is 2.49. The Kier molecular flexibility index (Phi) is 5.52. The van der Waals surface area contributed by atoms with Gasteiger partial charge in [-0.25, -0.2) is 9.78 Å². The van der Waals surface area contributed by atoms with Gasteiger partial charge < -0.3 is 10.0 Å². The van der Waals surface area contributed by atoms with Crippen LogP contribution in [0.4, 0.5) is 0 Å². The van der Waals surface area contributed by atoms with Gasteiger partial charge in [-0.3, -0.25) is 0 Å². The van der Waals surface area contributed by atoms with Gasteiger partial charge in [0.15, 0.2) is 0 Å². The van der Waals surface area contributed by atoms with Crippen molar-refractivity contribution in [1.82, 2.24) is 9.88 Å². The molecule has 1 N–H and O–H groups in total. The van der Waals surface area contributed by atoms with E-state index in [4.69, 9.17) is 16.7 Å². The lowest BCUT2D eigenvalue weighted by atomic mass is 9.91. The third-order valence-electron chi connectivity index (χ3n) is 3.48. The topological polar surface area (TPSA) is 53.4 Å². The molecule has 0 aliphatic carbocycles. The van der Waals surface area contributed by atoms with Crippen LogP contribution in [0, 0.1) is 0 Å². The summed E-state index contributed by atoms with van der Waals surface area (Å²) in [5.74, 6) is -0.969. The van der Waals surface area contributed by atoms with Crippen LogP contribution in [0.5, 0.6) is 0 Å². The molecule has 1 aromatic heterocycles. The van der Waals surface area contributed by atoms with Gasteiger partial charge in [0.25, 0.3) is 0 Å². The Morgan fingerprint density at radius 2 is 1.91 bits per heavy atom. The third-order valence-corrected chi connectivity index (χ3v) is 3.74. The fourth-order valence-electron chi connectivity index (χ4n) is 2.33. The van der Waals surface area contributed by atoms with Crippen molar-refractivity contribution in [1.29, 1.82) is 0 Å². The molecular weight excluding hydrogens is 300 g/mol. The summed E-state index contributed by atoms with van der Waals surface area (Å²) in [5.41, 5.74) is 1.92. The van der Waals surface area contributed by atoms with Crippen LogP contribution in [0.1, 0.15) is 34.1 Å². The molecular formula is C17H19ClN2O2. The lowest BCUT2D eigenvalue weighted by Gasteiger charge is -2.20. The van der Waals surface area contributed by atoms with Crippen LogP contribution in [0.15, 0.2) is 42.5 Å². The number of hydrogen-bond donors (Lipinski definition) is 1. The van der Waals surface area contributed by atoms with Crippen molar-refractivity contribution in [2.75, 3.05) is 20.6 Å². The Labute approximate surface area is 135 Å². The van der Waals surface area contributed by atoms with E-state index in [0.29, 0.717) is 5.02 Å². The highest BCUT2D eigenvalue weighted by molar-refractivity contribution is 6.30. The van der Waals surface area contributed by atoms with Crippen molar-refractivity contribution in [3.63, 3.8) is 0 Å². The monoisotopic (exact) mass is 318 g/mol. The van der Waals surface area contributed by atoms with Gasteiger partial charge in [-0.05, 0) is 56.9 Å². The molecule has 116 valence electrons. The van der Waals surface area contributed by atoms with Crippen molar-refractivity contribution in [2.24, 2.45) is 0 Å². The summed E-state index contributed by atoms with van der Waals surface area (Å²) in [5, 5.41) is 9.81. The van der Waals surface area contributed by atoms with Crippen LogP contribution in [-0.2, 0) is 0 Å². The molecule has 5 heteroatoms. The summed E-state index contributed by atoms with van der Waals surface area (Å²) in [4.78, 5) is 17.5. The van der Waals surface area contributed by atoms with Gasteiger partial charge in [0.1, 0.15) is 5.69 Å². The molecule has 4 nitrogen and oxygen atoms in total. The molecule has 0 aliphatic rings. The first-order valence-corrected chi connectivity index (χ1v) is 7.45. The molecule has 2 rings (SSSR count). The molecule has 0 bridgehead atoms. The van der Waals surface area contributed by atoms with Crippen molar-refractivity contribution < 1.29 is 9.90 Å². The predicted octanol–water partition coefficient (Wildman–Crippen LogP) is 3.52. The molecule has 1 unspecified atom stereocenters. The number of aromatic nitrogens is 1. The second kappa shape index (κ2) is 7.38. The Hall–Kier alpha value is -1.91. The second-order valence-corrected chi connectivity index (χ2v) is 5.89. The van der Waals surface area contributed by atoms with Gasteiger partial charge in [-0.1, -0.05) is 29.8 Å². The molecule has 0 fully saturated rings. The van der Waals surface area contributed by atoms with E-state index < -0.39 is 5.97 Å². The van der Waals surface area contributed by atoms with Crippen LogP contribution in [0.3, 0.4) is 0 Å². The molecule has 0 saturated heterocycles. The summed E-state index contributed by atoms with van der Waals surface area (Å²) in [6.07, 6.45) is 0.852. The quantitative estimate of drug-likeness (QED) is 0.885. The Morgan fingerprint density at radius 1 is 1.23 bits per heavy atom. The number of aromatic carboxylic acids is 1. The minimum absolute atomic E-state index is 0.0407. The van der Waals surface area contributed by atoms with Crippen molar-refractivity contribution in [3.05, 3.63) is 64.4 Å². The summed E-state index contributed by atoms with van der Waals surface area (Å²) < 4.78 is 0. The van der Waals surface area contributed by atoms with E-state index >= 15 is 0 Å². The Morgan fingerprint density at radius 3 is 2.50 bits per heavy atom. The number of halogens is 1. The zero-order chi connectivity index (χ0) is 16.1.